The van der Waals surface area contributed by atoms with Crippen molar-refractivity contribution in [2.24, 2.45) is 17.6 Å². The van der Waals surface area contributed by atoms with Crippen molar-refractivity contribution >= 4 is 11.7 Å². The summed E-state index contributed by atoms with van der Waals surface area (Å²) < 4.78 is 0. The van der Waals surface area contributed by atoms with Crippen molar-refractivity contribution in [1.29, 1.82) is 0 Å². The first-order valence-electron chi connectivity index (χ1n) is 10.7. The van der Waals surface area contributed by atoms with Crippen molar-refractivity contribution in [3.63, 3.8) is 0 Å². The Morgan fingerprint density at radius 2 is 1.69 bits per heavy atom. The number of nitrogens with one attached hydrogen (secondary N) is 2. The van der Waals surface area contributed by atoms with Gasteiger partial charge < -0.3 is 26.8 Å². The third-order valence-corrected chi connectivity index (χ3v) is 3.25. The number of nitrogens with two attached hydrogens (primary N) is 1. The number of Topliss-reactive ketones (excluding diaryl/α,β-unsaturated/α-hetero) is 1. The summed E-state index contributed by atoms with van der Waals surface area (Å²) in [4.78, 5) is 23.5. The van der Waals surface area contributed by atoms with Crippen LogP contribution in [0.5, 0.6) is 0 Å². The van der Waals surface area contributed by atoms with Crippen molar-refractivity contribution in [3.8, 4) is 0 Å². The van der Waals surface area contributed by atoms with Crippen molar-refractivity contribution in [2.75, 3.05) is 32.8 Å². The molecule has 170 valence electrons. The predicted octanol–water partition coefficient (Wildman–Crippen LogP) is -0.528. The zero-order valence-electron chi connectivity index (χ0n) is 20.5. The Labute approximate surface area is 222 Å². The number of ketones is 1. The van der Waals surface area contributed by atoms with Crippen LogP contribution in [0.15, 0.2) is 0 Å². The normalized spacial score (nSPS) is 15.9. The van der Waals surface area contributed by atoms with Gasteiger partial charge in [-0.3, -0.25) is 9.59 Å². The summed E-state index contributed by atoms with van der Waals surface area (Å²) in [6.07, 6.45) is 2.11. The standard InChI is InChI=1S/C13H25N4O2.C4H10.C2H6O.C2H6.K/c1-9(2)13(19)11(6-14)17-12(18)8-16-10-4-3-5-15-7-10;1-4(2)3;1-2-3;1-2;/h9-11,15H,3-8,14H2,1-2H3,(H,17,18);4H,1-3H3;3H,2H2,1H3;1-2H3;/q-1;;;;+1/t10-,11?;;;;/m0..../s1. The maximum Gasteiger partial charge on any atom is 1.00 e. The van der Waals surface area contributed by atoms with Crippen LogP contribution >= 0.6 is 0 Å². The second-order valence-electron chi connectivity index (χ2n) is 7.30. The Balaban J connectivity index is -0.000000267. The number of aliphatic hydroxyl groups excluding tert-OH is 1. The summed E-state index contributed by atoms with van der Waals surface area (Å²) >= 11 is 0. The second kappa shape index (κ2) is 26.7. The molecule has 7 nitrogen and oxygen atoms in total. The monoisotopic (exact) mass is 442 g/mol. The average Bonchev–Trinajstić information content (AvgIpc) is 2.66. The molecule has 5 N–H and O–H groups in total. The molecule has 1 heterocycles. The zero-order chi connectivity index (χ0) is 22.5. The third kappa shape index (κ3) is 26.6. The fraction of sp³-hybridized carbons (Fsp3) is 0.905. The first-order chi connectivity index (χ1) is 13.2. The van der Waals surface area contributed by atoms with E-state index in [2.05, 4.69) is 36.7 Å². The van der Waals surface area contributed by atoms with Gasteiger partial charge in [-0.05, 0) is 32.4 Å². The van der Waals surface area contributed by atoms with Crippen LogP contribution < -0.4 is 67.8 Å². The molecule has 0 bridgehead atoms. The number of carbonyl (C=O) groups excluding carboxylic acids is 2. The van der Waals surface area contributed by atoms with E-state index in [4.69, 9.17) is 10.8 Å². The SMILES string of the molecule is CC.CC(C)C.CC(C)C(=O)C(CN)NC(=O)C[N-][C@H]1CCCNC1.CCO.[K+]. The van der Waals surface area contributed by atoms with Crippen molar-refractivity contribution in [1.82, 2.24) is 10.6 Å². The van der Waals surface area contributed by atoms with Gasteiger partial charge in [0.2, 0.25) is 0 Å². The van der Waals surface area contributed by atoms with Crippen LogP contribution in [0.2, 0.25) is 0 Å². The van der Waals surface area contributed by atoms with Gasteiger partial charge in [-0.2, -0.15) is 0 Å². The van der Waals surface area contributed by atoms with Gasteiger partial charge in [0.05, 0.1) is 6.04 Å². The summed E-state index contributed by atoms with van der Waals surface area (Å²) in [5, 5.41) is 17.8. The maximum absolute atomic E-state index is 11.8. The number of hydrogen-bond acceptors (Lipinski definition) is 5. The van der Waals surface area contributed by atoms with Gasteiger partial charge in [-0.25, -0.2) is 0 Å². The minimum absolute atomic E-state index is 0. The van der Waals surface area contributed by atoms with E-state index in [1.165, 1.54) is 0 Å². The van der Waals surface area contributed by atoms with Gasteiger partial charge in [0, 0.05) is 19.1 Å². The summed E-state index contributed by atoms with van der Waals surface area (Å²) in [5.41, 5.74) is 5.52. The smallest absolute Gasteiger partial charge is 0.651 e. The van der Waals surface area contributed by atoms with E-state index in [1.807, 2.05) is 13.8 Å². The minimum atomic E-state index is -0.591. The quantitative estimate of drug-likeness (QED) is 0.395. The molecule has 1 saturated heterocycles. The Morgan fingerprint density at radius 3 is 2.03 bits per heavy atom. The van der Waals surface area contributed by atoms with E-state index in [0.29, 0.717) is 0 Å². The first kappa shape index (κ1) is 37.0. The number of amides is 1. The summed E-state index contributed by atoms with van der Waals surface area (Å²) in [6.45, 7) is 18.1. The largest absolute Gasteiger partial charge is 1.00 e. The molecule has 1 aliphatic rings. The van der Waals surface area contributed by atoms with Gasteiger partial charge in [0.1, 0.15) is 0 Å². The molecule has 1 aliphatic heterocycles. The molecule has 1 rings (SSSR count). The van der Waals surface area contributed by atoms with Gasteiger partial charge in [0.25, 0.3) is 0 Å². The summed E-state index contributed by atoms with van der Waals surface area (Å²) in [6, 6.07) is -0.385. The average molecular weight is 443 g/mol. The van der Waals surface area contributed by atoms with Crippen LogP contribution in [0, 0.1) is 11.8 Å². The Morgan fingerprint density at radius 1 is 1.21 bits per heavy atom. The van der Waals surface area contributed by atoms with E-state index < -0.39 is 6.04 Å². The molecule has 0 aromatic heterocycles. The molecule has 0 aromatic carbocycles. The first-order valence-corrected chi connectivity index (χ1v) is 10.7. The Bertz CT molecular complexity index is 361. The fourth-order valence-corrected chi connectivity index (χ4v) is 2.09. The topological polar surface area (TPSA) is 119 Å². The maximum atomic E-state index is 11.8. The third-order valence-electron chi connectivity index (χ3n) is 3.25. The van der Waals surface area contributed by atoms with Gasteiger partial charge >= 0.3 is 51.4 Å². The molecule has 8 heteroatoms. The van der Waals surface area contributed by atoms with E-state index in [0.717, 1.165) is 31.8 Å². The number of carbonyl (C=O) groups is 2. The number of nitrogens with zero attached hydrogens (tertiary/aromatic N) is 1. The molecule has 1 fully saturated rings. The minimum Gasteiger partial charge on any atom is -0.651 e. The van der Waals surface area contributed by atoms with Crippen LogP contribution in [0.3, 0.4) is 0 Å². The Hall–Kier alpha value is 0.616. The van der Waals surface area contributed by atoms with E-state index in [9.17, 15) is 9.59 Å². The second-order valence-corrected chi connectivity index (χ2v) is 7.30. The molecule has 0 radical (unpaired) electrons. The van der Waals surface area contributed by atoms with Gasteiger partial charge in [-0.15, -0.1) is 6.04 Å². The Kier molecular flexibility index (Phi) is 34.0. The molecule has 1 unspecified atom stereocenters. The van der Waals surface area contributed by atoms with Crippen molar-refractivity contribution in [3.05, 3.63) is 5.32 Å². The summed E-state index contributed by atoms with van der Waals surface area (Å²) in [7, 11) is 0. The molecule has 0 spiro atoms. The molecular weight excluding hydrogens is 395 g/mol. The zero-order valence-corrected chi connectivity index (χ0v) is 23.7. The molecule has 29 heavy (non-hydrogen) atoms. The van der Waals surface area contributed by atoms with E-state index >= 15 is 0 Å². The van der Waals surface area contributed by atoms with Crippen molar-refractivity contribution in [2.45, 2.75) is 80.3 Å². The van der Waals surface area contributed by atoms with Crippen LogP contribution in [0.1, 0.15) is 68.2 Å². The molecular formula is C21H47KN4O3. The number of hydrogen-bond donors (Lipinski definition) is 4. The fourth-order valence-electron chi connectivity index (χ4n) is 2.09. The molecule has 2 atom stereocenters. The number of piperidine rings is 1. The van der Waals surface area contributed by atoms with Gasteiger partial charge in [0.15, 0.2) is 11.7 Å². The van der Waals surface area contributed by atoms with Crippen LogP contribution in [-0.2, 0) is 9.59 Å². The molecule has 0 aliphatic carbocycles. The van der Waals surface area contributed by atoms with Crippen LogP contribution in [-0.4, -0.2) is 61.7 Å². The molecule has 0 aromatic rings. The molecule has 0 saturated carbocycles. The van der Waals surface area contributed by atoms with Crippen LogP contribution in [0.4, 0.5) is 0 Å². The summed E-state index contributed by atoms with van der Waals surface area (Å²) in [5.74, 6) is 0.443. The van der Waals surface area contributed by atoms with Crippen LogP contribution in [0.25, 0.3) is 5.32 Å². The molecule has 1 amide bonds. The van der Waals surface area contributed by atoms with Crippen molar-refractivity contribution < 1.29 is 66.1 Å². The number of aliphatic hydroxyl groups is 1. The van der Waals surface area contributed by atoms with E-state index in [-0.39, 0.29) is 94.7 Å². The van der Waals surface area contributed by atoms with Gasteiger partial charge in [-0.1, -0.05) is 61.4 Å². The predicted molar refractivity (Wildman–Crippen MR) is 120 cm³/mol. The number of rotatable bonds is 7. The van der Waals surface area contributed by atoms with E-state index in [1.54, 1.807) is 20.8 Å².